The Morgan fingerprint density at radius 3 is 2.41 bits per heavy atom. The maximum absolute atomic E-state index is 11.7. The lowest BCUT2D eigenvalue weighted by atomic mass is 9.96. The van der Waals surface area contributed by atoms with Gasteiger partial charge < -0.3 is 15.8 Å². The molecule has 0 radical (unpaired) electrons. The average molecular weight is 242 g/mol. The van der Waals surface area contributed by atoms with Crippen LogP contribution in [0.2, 0.25) is 0 Å². The van der Waals surface area contributed by atoms with Crippen molar-refractivity contribution in [2.24, 2.45) is 5.73 Å². The summed E-state index contributed by atoms with van der Waals surface area (Å²) in [6.45, 7) is 1.54. The first-order valence-corrected chi connectivity index (χ1v) is 6.90. The van der Waals surface area contributed by atoms with Crippen molar-refractivity contribution >= 4 is 5.91 Å². The molecule has 0 aromatic rings. The number of nitrogens with two attached hydrogens (primary N) is 1. The van der Waals surface area contributed by atoms with E-state index >= 15 is 0 Å². The van der Waals surface area contributed by atoms with Crippen molar-refractivity contribution in [1.29, 1.82) is 0 Å². The lowest BCUT2D eigenvalue weighted by Gasteiger charge is -2.21. The topological polar surface area (TPSA) is 64.3 Å². The third-order valence-electron chi connectivity index (χ3n) is 3.21. The summed E-state index contributed by atoms with van der Waals surface area (Å²) in [5, 5.41) is 3.11. The Bertz CT molecular complexity index is 202. The second-order valence-corrected chi connectivity index (χ2v) is 4.76. The molecule has 0 unspecified atom stereocenters. The van der Waals surface area contributed by atoms with Crippen molar-refractivity contribution in [3.05, 3.63) is 0 Å². The van der Waals surface area contributed by atoms with Gasteiger partial charge in [0.15, 0.2) is 0 Å². The van der Waals surface area contributed by atoms with E-state index in [1.807, 2.05) is 0 Å². The maximum atomic E-state index is 11.7. The van der Waals surface area contributed by atoms with Crippen LogP contribution in [0.25, 0.3) is 0 Å². The SMILES string of the molecule is NCCOCCC(=O)NC1CCCCCCC1. The first-order valence-electron chi connectivity index (χ1n) is 6.90. The number of hydrogen-bond acceptors (Lipinski definition) is 3. The van der Waals surface area contributed by atoms with E-state index in [4.69, 9.17) is 10.5 Å². The summed E-state index contributed by atoms with van der Waals surface area (Å²) in [4.78, 5) is 11.7. The molecule has 100 valence electrons. The minimum Gasteiger partial charge on any atom is -0.380 e. The van der Waals surface area contributed by atoms with Crippen LogP contribution in [0.3, 0.4) is 0 Å². The van der Waals surface area contributed by atoms with Crippen molar-refractivity contribution < 1.29 is 9.53 Å². The molecular formula is C13H26N2O2. The zero-order valence-corrected chi connectivity index (χ0v) is 10.7. The highest BCUT2D eigenvalue weighted by Gasteiger charge is 2.13. The molecule has 4 nitrogen and oxygen atoms in total. The van der Waals surface area contributed by atoms with Crippen LogP contribution in [0.1, 0.15) is 51.4 Å². The predicted octanol–water partition coefficient (Wildman–Crippen LogP) is 1.58. The molecule has 0 aromatic carbocycles. The van der Waals surface area contributed by atoms with Crippen LogP contribution >= 0.6 is 0 Å². The monoisotopic (exact) mass is 242 g/mol. The van der Waals surface area contributed by atoms with Crippen molar-refractivity contribution in [1.82, 2.24) is 5.32 Å². The van der Waals surface area contributed by atoms with Crippen molar-refractivity contribution in [2.45, 2.75) is 57.4 Å². The Morgan fingerprint density at radius 2 is 1.76 bits per heavy atom. The van der Waals surface area contributed by atoms with Crippen molar-refractivity contribution in [3.63, 3.8) is 0 Å². The average Bonchev–Trinajstić information content (AvgIpc) is 2.28. The largest absolute Gasteiger partial charge is 0.380 e. The zero-order valence-electron chi connectivity index (χ0n) is 10.7. The van der Waals surface area contributed by atoms with Crippen LogP contribution < -0.4 is 11.1 Å². The molecule has 0 saturated heterocycles. The molecule has 17 heavy (non-hydrogen) atoms. The van der Waals surface area contributed by atoms with Crippen LogP contribution in [0.15, 0.2) is 0 Å². The summed E-state index contributed by atoms with van der Waals surface area (Å²) < 4.78 is 5.20. The molecule has 1 fully saturated rings. The molecule has 0 atom stereocenters. The van der Waals surface area contributed by atoms with Crippen molar-refractivity contribution in [2.75, 3.05) is 19.8 Å². The van der Waals surface area contributed by atoms with Crippen molar-refractivity contribution in [3.8, 4) is 0 Å². The van der Waals surface area contributed by atoms with E-state index in [-0.39, 0.29) is 5.91 Å². The van der Waals surface area contributed by atoms with Gasteiger partial charge in [0.05, 0.1) is 13.2 Å². The van der Waals surface area contributed by atoms with Gasteiger partial charge in [0, 0.05) is 19.0 Å². The van der Waals surface area contributed by atoms with Crippen LogP contribution in [-0.4, -0.2) is 31.7 Å². The summed E-state index contributed by atoms with van der Waals surface area (Å²) in [5.41, 5.74) is 5.30. The van der Waals surface area contributed by atoms with E-state index in [0.717, 1.165) is 12.8 Å². The van der Waals surface area contributed by atoms with Gasteiger partial charge in [0.1, 0.15) is 0 Å². The number of hydrogen-bond donors (Lipinski definition) is 2. The summed E-state index contributed by atoms with van der Waals surface area (Å²) in [5.74, 6) is 0.118. The minimum atomic E-state index is 0.118. The van der Waals surface area contributed by atoms with Crippen LogP contribution in [-0.2, 0) is 9.53 Å². The maximum Gasteiger partial charge on any atom is 0.222 e. The molecule has 0 aliphatic heterocycles. The molecule has 1 amide bonds. The second kappa shape index (κ2) is 9.42. The Hall–Kier alpha value is -0.610. The number of carbonyl (C=O) groups excluding carboxylic acids is 1. The third-order valence-corrected chi connectivity index (χ3v) is 3.21. The van der Waals surface area contributed by atoms with E-state index in [2.05, 4.69) is 5.32 Å². The van der Waals surface area contributed by atoms with Gasteiger partial charge in [0.2, 0.25) is 5.91 Å². The first kappa shape index (κ1) is 14.5. The van der Waals surface area contributed by atoms with Gasteiger partial charge in [-0.1, -0.05) is 32.1 Å². The summed E-state index contributed by atoms with van der Waals surface area (Å²) in [7, 11) is 0. The quantitative estimate of drug-likeness (QED) is 0.695. The van der Waals surface area contributed by atoms with Gasteiger partial charge in [-0.2, -0.15) is 0 Å². The Balaban J connectivity index is 2.10. The number of rotatable bonds is 6. The molecule has 1 aliphatic rings. The molecule has 1 aliphatic carbocycles. The normalized spacial score (nSPS) is 18.4. The van der Waals surface area contributed by atoms with E-state index in [1.54, 1.807) is 0 Å². The fourth-order valence-corrected chi connectivity index (χ4v) is 2.25. The van der Waals surface area contributed by atoms with E-state index in [1.165, 1.54) is 32.1 Å². The molecular weight excluding hydrogens is 216 g/mol. The minimum absolute atomic E-state index is 0.118. The molecule has 1 rings (SSSR count). The fourth-order valence-electron chi connectivity index (χ4n) is 2.25. The molecule has 1 saturated carbocycles. The van der Waals surface area contributed by atoms with Crippen LogP contribution in [0.5, 0.6) is 0 Å². The number of ether oxygens (including phenoxy) is 1. The molecule has 0 aromatic heterocycles. The third kappa shape index (κ3) is 7.34. The highest BCUT2D eigenvalue weighted by Crippen LogP contribution is 2.17. The molecule has 0 spiro atoms. The van der Waals surface area contributed by atoms with Gasteiger partial charge >= 0.3 is 0 Å². The Kier molecular flexibility index (Phi) is 8.01. The van der Waals surface area contributed by atoms with Gasteiger partial charge in [-0.15, -0.1) is 0 Å². The summed E-state index contributed by atoms with van der Waals surface area (Å²) in [6.07, 6.45) is 9.19. The smallest absolute Gasteiger partial charge is 0.222 e. The van der Waals surface area contributed by atoms with Crippen LogP contribution in [0, 0.1) is 0 Å². The van der Waals surface area contributed by atoms with Gasteiger partial charge in [-0.25, -0.2) is 0 Å². The van der Waals surface area contributed by atoms with E-state index in [9.17, 15) is 4.79 Å². The molecule has 3 N–H and O–H groups in total. The van der Waals surface area contributed by atoms with Gasteiger partial charge in [-0.05, 0) is 12.8 Å². The van der Waals surface area contributed by atoms with E-state index in [0.29, 0.717) is 32.2 Å². The van der Waals surface area contributed by atoms with Gasteiger partial charge in [0.25, 0.3) is 0 Å². The lowest BCUT2D eigenvalue weighted by molar-refractivity contribution is -0.123. The number of carbonyl (C=O) groups is 1. The fraction of sp³-hybridized carbons (Fsp3) is 0.923. The Morgan fingerprint density at radius 1 is 1.12 bits per heavy atom. The highest BCUT2D eigenvalue weighted by molar-refractivity contribution is 5.76. The number of amides is 1. The Labute approximate surface area is 104 Å². The molecule has 4 heteroatoms. The van der Waals surface area contributed by atoms with E-state index < -0.39 is 0 Å². The second-order valence-electron chi connectivity index (χ2n) is 4.76. The number of nitrogens with one attached hydrogen (secondary N) is 1. The zero-order chi connectivity index (χ0) is 12.3. The predicted molar refractivity (Wildman–Crippen MR) is 68.7 cm³/mol. The molecule has 0 heterocycles. The first-order chi connectivity index (χ1) is 8.33. The summed E-state index contributed by atoms with van der Waals surface area (Å²) >= 11 is 0. The lowest BCUT2D eigenvalue weighted by Crippen LogP contribution is -2.35. The van der Waals surface area contributed by atoms with Crippen LogP contribution in [0.4, 0.5) is 0 Å². The summed E-state index contributed by atoms with van der Waals surface area (Å²) in [6, 6.07) is 0.386. The molecule has 0 bridgehead atoms. The standard InChI is InChI=1S/C13H26N2O2/c14-9-11-17-10-8-13(16)15-12-6-4-2-1-3-5-7-12/h12H,1-11,14H2,(H,15,16). The van der Waals surface area contributed by atoms with Gasteiger partial charge in [-0.3, -0.25) is 4.79 Å². The highest BCUT2D eigenvalue weighted by atomic mass is 16.5.